The van der Waals surface area contributed by atoms with Crippen molar-refractivity contribution in [3.63, 3.8) is 0 Å². The summed E-state index contributed by atoms with van der Waals surface area (Å²) in [5.74, 6) is -0.537. The molecule has 2 aromatic carbocycles. The predicted molar refractivity (Wildman–Crippen MR) is 118 cm³/mol. The van der Waals surface area contributed by atoms with Crippen molar-refractivity contribution in [2.24, 2.45) is 0 Å². The Hall–Kier alpha value is -3.06. The van der Waals surface area contributed by atoms with Gasteiger partial charge in [-0.2, -0.15) is 5.10 Å². The number of carbonyl (C=O) groups excluding carboxylic acids is 1. The molecule has 166 valence electrons. The van der Waals surface area contributed by atoms with E-state index in [0.29, 0.717) is 18.8 Å². The SMILES string of the molecule is O=C(c1nn(-c2ccc(F)cc2)c2c1CCC2)N1CCCN(Cc2ccc(F)cc2)CC1. The molecule has 1 aliphatic heterocycles. The van der Waals surface area contributed by atoms with Gasteiger partial charge in [0.1, 0.15) is 11.6 Å². The van der Waals surface area contributed by atoms with Crippen LogP contribution in [0.3, 0.4) is 0 Å². The second-order valence-electron chi connectivity index (χ2n) is 8.56. The molecule has 0 spiro atoms. The zero-order chi connectivity index (χ0) is 22.1. The van der Waals surface area contributed by atoms with Crippen LogP contribution < -0.4 is 0 Å². The van der Waals surface area contributed by atoms with Crippen LogP contribution in [0, 0.1) is 11.6 Å². The van der Waals surface area contributed by atoms with E-state index in [1.54, 1.807) is 12.1 Å². The van der Waals surface area contributed by atoms with Gasteiger partial charge in [0, 0.05) is 44.0 Å². The fraction of sp³-hybridized carbons (Fsp3) is 0.360. The molecule has 1 aromatic heterocycles. The largest absolute Gasteiger partial charge is 0.336 e. The first-order valence-electron chi connectivity index (χ1n) is 11.2. The van der Waals surface area contributed by atoms with E-state index >= 15 is 0 Å². The molecule has 0 atom stereocenters. The highest BCUT2D eigenvalue weighted by Crippen LogP contribution is 2.29. The molecule has 1 amide bonds. The molecule has 1 saturated heterocycles. The number of hydrogen-bond acceptors (Lipinski definition) is 3. The van der Waals surface area contributed by atoms with Crippen LogP contribution in [0.15, 0.2) is 48.5 Å². The van der Waals surface area contributed by atoms with Gasteiger partial charge in [0.05, 0.1) is 5.69 Å². The molecule has 5 nitrogen and oxygen atoms in total. The minimum absolute atomic E-state index is 0.0207. The van der Waals surface area contributed by atoms with E-state index in [-0.39, 0.29) is 17.5 Å². The minimum Gasteiger partial charge on any atom is -0.336 e. The van der Waals surface area contributed by atoms with Crippen LogP contribution in [0.2, 0.25) is 0 Å². The number of aromatic nitrogens is 2. The third-order valence-corrected chi connectivity index (χ3v) is 6.40. The van der Waals surface area contributed by atoms with Gasteiger partial charge in [-0.3, -0.25) is 9.69 Å². The van der Waals surface area contributed by atoms with Gasteiger partial charge in [0.2, 0.25) is 0 Å². The fourth-order valence-corrected chi connectivity index (χ4v) is 4.73. The van der Waals surface area contributed by atoms with Gasteiger partial charge in [-0.05, 0) is 67.6 Å². The molecule has 0 radical (unpaired) electrons. The Morgan fingerprint density at radius 3 is 2.31 bits per heavy atom. The molecule has 7 heteroatoms. The van der Waals surface area contributed by atoms with Gasteiger partial charge >= 0.3 is 0 Å². The summed E-state index contributed by atoms with van der Waals surface area (Å²) in [7, 11) is 0. The van der Waals surface area contributed by atoms with Crippen LogP contribution in [0.4, 0.5) is 8.78 Å². The average molecular weight is 437 g/mol. The second kappa shape index (κ2) is 8.82. The molecule has 3 aromatic rings. The van der Waals surface area contributed by atoms with Gasteiger partial charge in [-0.15, -0.1) is 0 Å². The van der Waals surface area contributed by atoms with Crippen molar-refractivity contribution in [2.45, 2.75) is 32.2 Å². The van der Waals surface area contributed by atoms with Crippen LogP contribution in [-0.4, -0.2) is 51.7 Å². The summed E-state index contributed by atoms with van der Waals surface area (Å²) in [6, 6.07) is 12.8. The zero-order valence-corrected chi connectivity index (χ0v) is 17.9. The fourth-order valence-electron chi connectivity index (χ4n) is 4.73. The van der Waals surface area contributed by atoms with E-state index in [2.05, 4.69) is 10.00 Å². The maximum absolute atomic E-state index is 13.4. The van der Waals surface area contributed by atoms with Gasteiger partial charge < -0.3 is 4.90 Å². The van der Waals surface area contributed by atoms with Gasteiger partial charge in [-0.25, -0.2) is 13.5 Å². The third kappa shape index (κ3) is 4.17. The Balaban J connectivity index is 1.32. The zero-order valence-electron chi connectivity index (χ0n) is 17.9. The van der Waals surface area contributed by atoms with Gasteiger partial charge in [0.25, 0.3) is 5.91 Å². The van der Waals surface area contributed by atoms with Crippen LogP contribution >= 0.6 is 0 Å². The number of rotatable bonds is 4. The third-order valence-electron chi connectivity index (χ3n) is 6.40. The Morgan fingerprint density at radius 2 is 1.56 bits per heavy atom. The molecular formula is C25H26F2N4O. The minimum atomic E-state index is -0.288. The average Bonchev–Trinajstić information content (AvgIpc) is 3.33. The summed E-state index contributed by atoms with van der Waals surface area (Å²) < 4.78 is 28.4. The first-order chi connectivity index (χ1) is 15.6. The van der Waals surface area contributed by atoms with Crippen molar-refractivity contribution in [1.82, 2.24) is 19.6 Å². The second-order valence-corrected chi connectivity index (χ2v) is 8.56. The normalized spacial score (nSPS) is 16.8. The number of fused-ring (bicyclic) bond motifs is 1. The number of benzene rings is 2. The van der Waals surface area contributed by atoms with Crippen LogP contribution in [0.5, 0.6) is 0 Å². The molecule has 1 aliphatic carbocycles. The Kier molecular flexibility index (Phi) is 5.74. The molecule has 2 heterocycles. The number of halogens is 2. The Bertz CT molecular complexity index is 1110. The maximum atomic E-state index is 13.4. The van der Waals surface area contributed by atoms with Gasteiger partial charge in [0.15, 0.2) is 5.69 Å². The maximum Gasteiger partial charge on any atom is 0.274 e. The van der Waals surface area contributed by atoms with Crippen molar-refractivity contribution < 1.29 is 13.6 Å². The van der Waals surface area contributed by atoms with Crippen LogP contribution in [0.25, 0.3) is 5.69 Å². The van der Waals surface area contributed by atoms with E-state index in [4.69, 9.17) is 0 Å². The van der Waals surface area contributed by atoms with Crippen molar-refractivity contribution in [3.8, 4) is 5.69 Å². The standard InChI is InChI=1S/C25H26F2N4O/c26-19-7-5-18(6-8-19)17-29-13-2-14-30(16-15-29)25(32)24-22-3-1-4-23(22)31(28-24)21-11-9-20(27)10-12-21/h5-12H,1-4,13-17H2. The lowest BCUT2D eigenvalue weighted by Crippen LogP contribution is -2.35. The monoisotopic (exact) mass is 436 g/mol. The molecule has 0 N–H and O–H groups in total. The highest BCUT2D eigenvalue weighted by atomic mass is 19.1. The lowest BCUT2D eigenvalue weighted by Gasteiger charge is -2.22. The van der Waals surface area contributed by atoms with Crippen molar-refractivity contribution in [3.05, 3.63) is 82.7 Å². The van der Waals surface area contributed by atoms with Crippen molar-refractivity contribution in [2.75, 3.05) is 26.2 Å². The number of nitrogens with zero attached hydrogens (tertiary/aromatic N) is 4. The number of amides is 1. The molecule has 0 saturated carbocycles. The lowest BCUT2D eigenvalue weighted by molar-refractivity contribution is 0.0753. The topological polar surface area (TPSA) is 41.4 Å². The first kappa shape index (κ1) is 20.8. The van der Waals surface area contributed by atoms with Crippen LogP contribution in [-0.2, 0) is 19.4 Å². The number of hydrogen-bond donors (Lipinski definition) is 0. The molecule has 32 heavy (non-hydrogen) atoms. The quantitative estimate of drug-likeness (QED) is 0.621. The van der Waals surface area contributed by atoms with E-state index < -0.39 is 0 Å². The lowest BCUT2D eigenvalue weighted by atomic mass is 10.2. The summed E-state index contributed by atoms with van der Waals surface area (Å²) >= 11 is 0. The molecule has 5 rings (SSSR count). The smallest absolute Gasteiger partial charge is 0.274 e. The molecule has 2 aliphatic rings. The Labute approximate surface area is 186 Å². The summed E-state index contributed by atoms with van der Waals surface area (Å²) in [5, 5.41) is 4.69. The van der Waals surface area contributed by atoms with E-state index in [9.17, 15) is 13.6 Å². The summed E-state index contributed by atoms with van der Waals surface area (Å²) in [5.41, 5.74) is 4.49. The molecule has 0 bridgehead atoms. The van der Waals surface area contributed by atoms with Crippen molar-refractivity contribution in [1.29, 1.82) is 0 Å². The number of carbonyl (C=O) groups is 1. The highest BCUT2D eigenvalue weighted by molar-refractivity contribution is 5.94. The predicted octanol–water partition coefficient (Wildman–Crippen LogP) is 3.99. The van der Waals surface area contributed by atoms with E-state index in [1.165, 1.54) is 24.3 Å². The highest BCUT2D eigenvalue weighted by Gasteiger charge is 2.30. The van der Waals surface area contributed by atoms with E-state index in [0.717, 1.165) is 67.8 Å². The molecule has 1 fully saturated rings. The van der Waals surface area contributed by atoms with Crippen molar-refractivity contribution >= 4 is 5.91 Å². The summed E-state index contributed by atoms with van der Waals surface area (Å²) in [4.78, 5) is 17.7. The summed E-state index contributed by atoms with van der Waals surface area (Å²) in [6.07, 6.45) is 3.61. The molecular weight excluding hydrogens is 410 g/mol. The first-order valence-corrected chi connectivity index (χ1v) is 11.2. The molecule has 0 unspecified atom stereocenters. The van der Waals surface area contributed by atoms with E-state index in [1.807, 2.05) is 21.7 Å². The summed E-state index contributed by atoms with van der Waals surface area (Å²) in [6.45, 7) is 3.74. The van der Waals surface area contributed by atoms with Crippen LogP contribution in [0.1, 0.15) is 40.2 Å². The van der Waals surface area contributed by atoms with Gasteiger partial charge in [-0.1, -0.05) is 12.1 Å². The Morgan fingerprint density at radius 1 is 0.844 bits per heavy atom.